The summed E-state index contributed by atoms with van der Waals surface area (Å²) >= 11 is 0. The number of nitrogens with zero attached hydrogens (tertiary/aromatic N) is 3. The molecule has 90 valence electrons. The van der Waals surface area contributed by atoms with E-state index in [0.717, 1.165) is 25.1 Å². The Morgan fingerprint density at radius 1 is 1.53 bits per heavy atom. The smallest absolute Gasteiger partial charge is 0.224 e. The molecule has 5 nitrogen and oxygen atoms in total. The van der Waals surface area contributed by atoms with Crippen molar-refractivity contribution in [1.29, 1.82) is 5.26 Å². The molecular weight excluding hydrogens is 216 g/mol. The fourth-order valence-corrected chi connectivity index (χ4v) is 2.00. The number of anilines is 1. The van der Waals surface area contributed by atoms with Crippen molar-refractivity contribution in [3.05, 3.63) is 17.5 Å². The van der Waals surface area contributed by atoms with Gasteiger partial charge in [-0.25, -0.2) is 9.97 Å². The first-order valence-electron chi connectivity index (χ1n) is 5.81. The van der Waals surface area contributed by atoms with Crippen LogP contribution in [0.2, 0.25) is 0 Å². The first kappa shape index (κ1) is 11.8. The van der Waals surface area contributed by atoms with Crippen LogP contribution < -0.4 is 5.32 Å². The van der Waals surface area contributed by atoms with Crippen LogP contribution in [0.5, 0.6) is 0 Å². The predicted octanol–water partition coefficient (Wildman–Crippen LogP) is 1.64. The Morgan fingerprint density at radius 3 is 3.06 bits per heavy atom. The second-order valence-corrected chi connectivity index (χ2v) is 4.38. The van der Waals surface area contributed by atoms with Crippen molar-refractivity contribution >= 4 is 5.95 Å². The van der Waals surface area contributed by atoms with Crippen LogP contribution in [0, 0.1) is 18.3 Å². The van der Waals surface area contributed by atoms with E-state index >= 15 is 0 Å². The number of rotatable bonds is 2. The van der Waals surface area contributed by atoms with E-state index in [1.54, 1.807) is 6.07 Å². The first-order valence-corrected chi connectivity index (χ1v) is 5.81. The van der Waals surface area contributed by atoms with Crippen LogP contribution in [0.15, 0.2) is 6.07 Å². The SMILES string of the molecule is Cc1cc(C#N)nc(NC2CCOC(C)C2)n1. The Labute approximate surface area is 101 Å². The first-order chi connectivity index (χ1) is 8.17. The Morgan fingerprint density at radius 2 is 2.35 bits per heavy atom. The standard InChI is InChI=1S/C12H16N4O/c1-8-5-11(7-13)16-12(14-8)15-10-3-4-17-9(2)6-10/h5,9-10H,3-4,6H2,1-2H3,(H,14,15,16). The second kappa shape index (κ2) is 5.11. The molecule has 0 spiro atoms. The van der Waals surface area contributed by atoms with Gasteiger partial charge in [-0.3, -0.25) is 0 Å². The summed E-state index contributed by atoms with van der Waals surface area (Å²) in [5.74, 6) is 0.542. The Kier molecular flexibility index (Phi) is 3.55. The summed E-state index contributed by atoms with van der Waals surface area (Å²) in [6, 6.07) is 4.04. The van der Waals surface area contributed by atoms with Crippen molar-refractivity contribution in [2.75, 3.05) is 11.9 Å². The third kappa shape index (κ3) is 3.14. The van der Waals surface area contributed by atoms with Crippen LogP contribution in [0.3, 0.4) is 0 Å². The third-order valence-corrected chi connectivity index (χ3v) is 2.79. The maximum atomic E-state index is 8.85. The van der Waals surface area contributed by atoms with Crippen molar-refractivity contribution < 1.29 is 4.74 Å². The van der Waals surface area contributed by atoms with E-state index in [1.807, 2.05) is 13.0 Å². The van der Waals surface area contributed by atoms with Gasteiger partial charge in [0.1, 0.15) is 11.8 Å². The van der Waals surface area contributed by atoms with Gasteiger partial charge in [0.25, 0.3) is 0 Å². The van der Waals surface area contributed by atoms with Crippen LogP contribution in [-0.4, -0.2) is 28.7 Å². The molecule has 1 aliphatic heterocycles. The molecule has 1 aromatic heterocycles. The molecule has 2 atom stereocenters. The molecule has 0 aromatic carbocycles. The van der Waals surface area contributed by atoms with Gasteiger partial charge in [-0.1, -0.05) is 0 Å². The minimum Gasteiger partial charge on any atom is -0.378 e. The third-order valence-electron chi connectivity index (χ3n) is 2.79. The lowest BCUT2D eigenvalue weighted by Crippen LogP contribution is -2.33. The van der Waals surface area contributed by atoms with E-state index in [2.05, 4.69) is 22.2 Å². The number of hydrogen-bond acceptors (Lipinski definition) is 5. The lowest BCUT2D eigenvalue weighted by Gasteiger charge is -2.27. The molecular formula is C12H16N4O. The molecule has 1 aromatic rings. The van der Waals surface area contributed by atoms with Gasteiger partial charge in [-0.05, 0) is 32.8 Å². The Hall–Kier alpha value is -1.67. The summed E-state index contributed by atoms with van der Waals surface area (Å²) < 4.78 is 5.48. The summed E-state index contributed by atoms with van der Waals surface area (Å²) in [6.07, 6.45) is 2.16. The predicted molar refractivity (Wildman–Crippen MR) is 63.5 cm³/mol. The molecule has 0 aliphatic carbocycles. The highest BCUT2D eigenvalue weighted by atomic mass is 16.5. The monoisotopic (exact) mass is 232 g/mol. The van der Waals surface area contributed by atoms with Crippen LogP contribution >= 0.6 is 0 Å². The average Bonchev–Trinajstić information content (AvgIpc) is 2.28. The molecule has 1 N–H and O–H groups in total. The van der Waals surface area contributed by atoms with Crippen molar-refractivity contribution in [2.24, 2.45) is 0 Å². The number of aromatic nitrogens is 2. The lowest BCUT2D eigenvalue weighted by atomic mass is 10.0. The molecule has 1 aliphatic rings. The van der Waals surface area contributed by atoms with E-state index in [4.69, 9.17) is 10.00 Å². The van der Waals surface area contributed by atoms with E-state index in [0.29, 0.717) is 17.7 Å². The Balaban J connectivity index is 2.07. The number of nitrogens with one attached hydrogen (secondary N) is 1. The quantitative estimate of drug-likeness (QED) is 0.839. The Bertz CT molecular complexity index is 441. The van der Waals surface area contributed by atoms with Crippen LogP contribution in [0.1, 0.15) is 31.2 Å². The van der Waals surface area contributed by atoms with Gasteiger partial charge in [0.15, 0.2) is 0 Å². The van der Waals surface area contributed by atoms with Gasteiger partial charge >= 0.3 is 0 Å². The van der Waals surface area contributed by atoms with Crippen LogP contribution in [0.4, 0.5) is 5.95 Å². The molecule has 2 rings (SSSR count). The summed E-state index contributed by atoms with van der Waals surface area (Å²) in [6.45, 7) is 4.68. The molecule has 0 saturated carbocycles. The summed E-state index contributed by atoms with van der Waals surface area (Å²) in [5.41, 5.74) is 1.21. The molecule has 1 fully saturated rings. The molecule has 5 heteroatoms. The summed E-state index contributed by atoms with van der Waals surface area (Å²) in [4.78, 5) is 8.43. The largest absolute Gasteiger partial charge is 0.378 e. The molecule has 2 heterocycles. The van der Waals surface area contributed by atoms with Crippen molar-refractivity contribution in [3.8, 4) is 6.07 Å². The molecule has 2 unspecified atom stereocenters. The second-order valence-electron chi connectivity index (χ2n) is 4.38. The topological polar surface area (TPSA) is 70.8 Å². The van der Waals surface area contributed by atoms with Crippen LogP contribution in [0.25, 0.3) is 0 Å². The summed E-state index contributed by atoms with van der Waals surface area (Å²) in [7, 11) is 0. The number of hydrogen-bond donors (Lipinski definition) is 1. The minimum absolute atomic E-state index is 0.265. The normalized spacial score (nSPS) is 24.1. The zero-order valence-corrected chi connectivity index (χ0v) is 10.1. The molecule has 0 bridgehead atoms. The number of ether oxygens (including phenoxy) is 1. The average molecular weight is 232 g/mol. The van der Waals surface area contributed by atoms with E-state index in [9.17, 15) is 0 Å². The van der Waals surface area contributed by atoms with Crippen molar-refractivity contribution in [3.63, 3.8) is 0 Å². The molecule has 0 amide bonds. The fraction of sp³-hybridized carbons (Fsp3) is 0.583. The zero-order valence-electron chi connectivity index (χ0n) is 10.1. The van der Waals surface area contributed by atoms with Crippen molar-refractivity contribution in [2.45, 2.75) is 38.8 Å². The van der Waals surface area contributed by atoms with E-state index in [-0.39, 0.29) is 6.10 Å². The molecule has 17 heavy (non-hydrogen) atoms. The maximum Gasteiger partial charge on any atom is 0.224 e. The highest BCUT2D eigenvalue weighted by Crippen LogP contribution is 2.16. The molecule has 0 radical (unpaired) electrons. The number of nitriles is 1. The minimum atomic E-state index is 0.265. The maximum absolute atomic E-state index is 8.85. The van der Waals surface area contributed by atoms with Gasteiger partial charge in [0, 0.05) is 18.3 Å². The highest BCUT2D eigenvalue weighted by molar-refractivity contribution is 5.33. The zero-order chi connectivity index (χ0) is 12.3. The van der Waals surface area contributed by atoms with Gasteiger partial charge in [0.2, 0.25) is 5.95 Å². The van der Waals surface area contributed by atoms with Gasteiger partial charge in [-0.15, -0.1) is 0 Å². The lowest BCUT2D eigenvalue weighted by molar-refractivity contribution is 0.0231. The fourth-order valence-electron chi connectivity index (χ4n) is 2.00. The van der Waals surface area contributed by atoms with Gasteiger partial charge < -0.3 is 10.1 Å². The summed E-state index contributed by atoms with van der Waals surface area (Å²) in [5, 5.41) is 12.1. The van der Waals surface area contributed by atoms with Crippen molar-refractivity contribution in [1.82, 2.24) is 9.97 Å². The van der Waals surface area contributed by atoms with Crippen LogP contribution in [-0.2, 0) is 4.74 Å². The highest BCUT2D eigenvalue weighted by Gasteiger charge is 2.19. The number of aryl methyl sites for hydroxylation is 1. The molecule has 1 saturated heterocycles. The van der Waals surface area contributed by atoms with Gasteiger partial charge in [-0.2, -0.15) is 5.26 Å². The van der Waals surface area contributed by atoms with Gasteiger partial charge in [0.05, 0.1) is 6.10 Å². The van der Waals surface area contributed by atoms with E-state index in [1.165, 1.54) is 0 Å². The van der Waals surface area contributed by atoms with E-state index < -0.39 is 0 Å².